The number of hydrogen-bond donors (Lipinski definition) is 1. The number of amides is 4. The topological polar surface area (TPSA) is 94.2 Å². The van der Waals surface area contributed by atoms with Crippen LogP contribution in [0.4, 0.5) is 10.5 Å². The number of anilines is 1. The van der Waals surface area contributed by atoms with Crippen LogP contribution in [0.15, 0.2) is 85.0 Å². The Labute approximate surface area is 221 Å². The molecule has 0 spiro atoms. The van der Waals surface area contributed by atoms with Crippen LogP contribution < -0.4 is 24.4 Å². The number of rotatable bonds is 10. The number of ether oxygens (including phenoxy) is 3. The Morgan fingerprint density at radius 2 is 1.71 bits per heavy atom. The Morgan fingerprint density at radius 3 is 2.37 bits per heavy atom. The highest BCUT2D eigenvalue weighted by Gasteiger charge is 2.37. The van der Waals surface area contributed by atoms with Crippen molar-refractivity contribution in [2.75, 3.05) is 18.6 Å². The van der Waals surface area contributed by atoms with Crippen LogP contribution in [0.2, 0.25) is 0 Å². The van der Waals surface area contributed by atoms with Crippen molar-refractivity contribution >= 4 is 29.6 Å². The predicted molar refractivity (Wildman–Crippen MR) is 144 cm³/mol. The lowest BCUT2D eigenvalue weighted by atomic mass is 10.0. The summed E-state index contributed by atoms with van der Waals surface area (Å²) in [6.45, 7) is 6.47. The van der Waals surface area contributed by atoms with Crippen LogP contribution >= 0.6 is 0 Å². The molecule has 1 heterocycles. The minimum atomic E-state index is -0.827. The zero-order valence-electron chi connectivity index (χ0n) is 21.2. The van der Waals surface area contributed by atoms with Crippen LogP contribution in [0.1, 0.15) is 23.6 Å². The maximum atomic E-state index is 13.4. The number of hydrogen-bond acceptors (Lipinski definition) is 6. The standard InChI is InChI=1S/C30H28N2O6/c1-4-9-22-16-21(18-26(36-3)27(22)37-5-2)17-25-28(33)31-30(35)32(29(25)34)23-12-14-24(15-13-23)38-19-20-10-7-6-8-11-20/h4,6-8,10-18H,1,5,9,19H2,2-3H3,(H,31,33,35)/b25-17+. The normalized spacial score (nSPS) is 14.3. The zero-order chi connectivity index (χ0) is 27.1. The minimum Gasteiger partial charge on any atom is -0.493 e. The van der Waals surface area contributed by atoms with Gasteiger partial charge in [-0.15, -0.1) is 6.58 Å². The number of barbiturate groups is 1. The van der Waals surface area contributed by atoms with Crippen molar-refractivity contribution in [3.63, 3.8) is 0 Å². The van der Waals surface area contributed by atoms with Gasteiger partial charge < -0.3 is 14.2 Å². The van der Waals surface area contributed by atoms with E-state index >= 15 is 0 Å². The second kappa shape index (κ2) is 11.9. The molecule has 0 radical (unpaired) electrons. The third-order valence-electron chi connectivity index (χ3n) is 5.78. The van der Waals surface area contributed by atoms with Crippen molar-refractivity contribution in [2.24, 2.45) is 0 Å². The van der Waals surface area contributed by atoms with E-state index in [1.54, 1.807) is 42.5 Å². The summed E-state index contributed by atoms with van der Waals surface area (Å²) in [5.41, 5.74) is 2.45. The first-order valence-corrected chi connectivity index (χ1v) is 12.1. The van der Waals surface area contributed by atoms with Crippen LogP contribution in [-0.4, -0.2) is 31.6 Å². The third kappa shape index (κ3) is 5.75. The van der Waals surface area contributed by atoms with Gasteiger partial charge in [0.2, 0.25) is 0 Å². The second-order valence-corrected chi connectivity index (χ2v) is 8.36. The van der Waals surface area contributed by atoms with Gasteiger partial charge in [0.15, 0.2) is 11.5 Å². The quantitative estimate of drug-likeness (QED) is 0.232. The van der Waals surface area contributed by atoms with Crippen molar-refractivity contribution < 1.29 is 28.6 Å². The van der Waals surface area contributed by atoms with E-state index < -0.39 is 17.8 Å². The molecule has 1 fully saturated rings. The smallest absolute Gasteiger partial charge is 0.335 e. The van der Waals surface area contributed by atoms with E-state index in [0.717, 1.165) is 16.0 Å². The van der Waals surface area contributed by atoms with Crippen molar-refractivity contribution in [1.82, 2.24) is 5.32 Å². The summed E-state index contributed by atoms with van der Waals surface area (Å²) in [5, 5.41) is 2.25. The summed E-state index contributed by atoms with van der Waals surface area (Å²) < 4.78 is 17.0. The number of urea groups is 1. The largest absolute Gasteiger partial charge is 0.493 e. The lowest BCUT2D eigenvalue weighted by Crippen LogP contribution is -2.54. The molecule has 4 amide bonds. The highest BCUT2D eigenvalue weighted by molar-refractivity contribution is 6.39. The Balaban J connectivity index is 1.60. The Morgan fingerprint density at radius 1 is 0.974 bits per heavy atom. The molecular weight excluding hydrogens is 484 g/mol. The van der Waals surface area contributed by atoms with Crippen molar-refractivity contribution in [3.05, 3.63) is 102 Å². The van der Waals surface area contributed by atoms with Crippen LogP contribution in [0, 0.1) is 0 Å². The fourth-order valence-electron chi connectivity index (χ4n) is 4.02. The molecule has 38 heavy (non-hydrogen) atoms. The molecule has 1 saturated heterocycles. The number of allylic oxidation sites excluding steroid dienone is 1. The van der Waals surface area contributed by atoms with Gasteiger partial charge in [-0.05, 0) is 66.9 Å². The summed E-state index contributed by atoms with van der Waals surface area (Å²) in [4.78, 5) is 39.6. The number of methoxy groups -OCH3 is 1. The fourth-order valence-corrected chi connectivity index (χ4v) is 4.02. The molecule has 0 aliphatic carbocycles. The number of imide groups is 2. The van der Waals surface area contributed by atoms with Crippen LogP contribution in [0.25, 0.3) is 6.08 Å². The summed E-state index contributed by atoms with van der Waals surface area (Å²) in [6, 6.07) is 18.8. The van der Waals surface area contributed by atoms with Gasteiger partial charge in [-0.3, -0.25) is 14.9 Å². The highest BCUT2D eigenvalue weighted by atomic mass is 16.5. The zero-order valence-corrected chi connectivity index (χ0v) is 21.2. The first kappa shape index (κ1) is 26.2. The van der Waals surface area contributed by atoms with E-state index in [1.807, 2.05) is 37.3 Å². The molecule has 1 aliphatic rings. The molecule has 1 N–H and O–H groups in total. The van der Waals surface area contributed by atoms with Crippen molar-refractivity contribution in [3.8, 4) is 17.2 Å². The number of nitrogens with one attached hydrogen (secondary N) is 1. The Kier molecular flexibility index (Phi) is 8.23. The van der Waals surface area contributed by atoms with Crippen LogP contribution in [0.5, 0.6) is 17.2 Å². The third-order valence-corrected chi connectivity index (χ3v) is 5.78. The molecule has 3 aromatic carbocycles. The average molecular weight is 513 g/mol. The van der Waals surface area contributed by atoms with E-state index in [9.17, 15) is 14.4 Å². The molecule has 4 rings (SSSR count). The van der Waals surface area contributed by atoms with E-state index in [4.69, 9.17) is 14.2 Å². The fraction of sp³-hybridized carbons (Fsp3) is 0.167. The van der Waals surface area contributed by atoms with Gasteiger partial charge >= 0.3 is 6.03 Å². The molecule has 0 unspecified atom stereocenters. The molecule has 0 saturated carbocycles. The van der Waals surface area contributed by atoms with Gasteiger partial charge in [-0.2, -0.15) is 0 Å². The number of carbonyl (C=O) groups excluding carboxylic acids is 3. The Hall–Kier alpha value is -4.85. The predicted octanol–water partition coefficient (Wildman–Crippen LogP) is 5.07. The van der Waals surface area contributed by atoms with Gasteiger partial charge in [0.25, 0.3) is 11.8 Å². The second-order valence-electron chi connectivity index (χ2n) is 8.36. The van der Waals surface area contributed by atoms with E-state index in [2.05, 4.69) is 11.9 Å². The number of benzene rings is 3. The molecule has 1 aliphatic heterocycles. The summed E-state index contributed by atoms with van der Waals surface area (Å²) in [7, 11) is 1.51. The first-order chi connectivity index (χ1) is 18.4. The maximum Gasteiger partial charge on any atom is 0.335 e. The number of carbonyl (C=O) groups is 3. The maximum absolute atomic E-state index is 13.4. The van der Waals surface area contributed by atoms with Gasteiger partial charge in [-0.1, -0.05) is 36.4 Å². The van der Waals surface area contributed by atoms with Crippen molar-refractivity contribution in [1.29, 1.82) is 0 Å². The molecule has 0 aromatic heterocycles. The lowest BCUT2D eigenvalue weighted by Gasteiger charge is -2.26. The Bertz CT molecular complexity index is 1380. The van der Waals surface area contributed by atoms with E-state index in [0.29, 0.717) is 48.1 Å². The van der Waals surface area contributed by atoms with Gasteiger partial charge in [0, 0.05) is 5.56 Å². The summed E-state index contributed by atoms with van der Waals surface area (Å²) in [6.07, 6.45) is 3.64. The number of nitrogens with zero attached hydrogens (tertiary/aromatic N) is 1. The lowest BCUT2D eigenvalue weighted by molar-refractivity contribution is -0.122. The molecule has 0 bridgehead atoms. The van der Waals surface area contributed by atoms with E-state index in [1.165, 1.54) is 13.2 Å². The molecule has 0 atom stereocenters. The molecule has 3 aromatic rings. The summed E-state index contributed by atoms with van der Waals surface area (Å²) >= 11 is 0. The first-order valence-electron chi connectivity index (χ1n) is 12.1. The van der Waals surface area contributed by atoms with Crippen LogP contribution in [0.3, 0.4) is 0 Å². The monoisotopic (exact) mass is 512 g/mol. The van der Waals surface area contributed by atoms with Crippen molar-refractivity contribution in [2.45, 2.75) is 20.0 Å². The van der Waals surface area contributed by atoms with Gasteiger partial charge in [-0.25, -0.2) is 9.69 Å². The van der Waals surface area contributed by atoms with E-state index in [-0.39, 0.29) is 5.57 Å². The van der Waals surface area contributed by atoms with Gasteiger partial charge in [0.1, 0.15) is 17.9 Å². The SMILES string of the molecule is C=CCc1cc(/C=C2\C(=O)NC(=O)N(c3ccc(OCc4ccccc4)cc3)C2=O)cc(OC)c1OCC. The van der Waals surface area contributed by atoms with Gasteiger partial charge in [0.05, 0.1) is 19.4 Å². The molecule has 194 valence electrons. The molecule has 8 heteroatoms. The highest BCUT2D eigenvalue weighted by Crippen LogP contribution is 2.35. The summed E-state index contributed by atoms with van der Waals surface area (Å²) in [5.74, 6) is 0.0844. The molecular formula is C30H28N2O6. The van der Waals surface area contributed by atoms with Crippen LogP contribution in [-0.2, 0) is 22.6 Å². The molecule has 8 nitrogen and oxygen atoms in total. The minimum absolute atomic E-state index is 0.190. The average Bonchev–Trinajstić information content (AvgIpc) is 2.92.